The van der Waals surface area contributed by atoms with Crippen LogP contribution in [-0.4, -0.2) is 21.7 Å². The second-order valence-corrected chi connectivity index (χ2v) is 5.67. The van der Waals surface area contributed by atoms with Crippen LogP contribution in [0.3, 0.4) is 0 Å². The van der Waals surface area contributed by atoms with Crippen molar-refractivity contribution in [3.8, 4) is 0 Å². The lowest BCUT2D eigenvalue weighted by atomic mass is 10.2. The molecule has 0 aliphatic heterocycles. The fraction of sp³-hybridized carbons (Fsp3) is 0.429. The number of amides is 1. The van der Waals surface area contributed by atoms with Crippen LogP contribution in [0, 0.1) is 13.8 Å². The average molecular weight is 277 g/mol. The van der Waals surface area contributed by atoms with Crippen molar-refractivity contribution in [3.05, 3.63) is 39.8 Å². The van der Waals surface area contributed by atoms with E-state index in [0.717, 1.165) is 17.0 Å². The summed E-state index contributed by atoms with van der Waals surface area (Å²) in [5.74, 6) is 0.0624. The van der Waals surface area contributed by atoms with Gasteiger partial charge in [0.2, 0.25) is 5.91 Å². The third kappa shape index (κ3) is 3.92. The minimum Gasteiger partial charge on any atom is -0.351 e. The summed E-state index contributed by atoms with van der Waals surface area (Å²) in [7, 11) is 0. The van der Waals surface area contributed by atoms with Crippen LogP contribution in [0.5, 0.6) is 0 Å². The Balaban J connectivity index is 1.85. The van der Waals surface area contributed by atoms with Crippen molar-refractivity contribution in [2.24, 2.45) is 0 Å². The molecule has 2 aromatic heterocycles. The summed E-state index contributed by atoms with van der Waals surface area (Å²) in [5, 5.41) is 11.4. The van der Waals surface area contributed by atoms with Crippen molar-refractivity contribution in [2.45, 2.75) is 39.8 Å². The number of hydrogen-bond acceptors (Lipinski definition) is 3. The second kappa shape index (κ2) is 6.02. The van der Waals surface area contributed by atoms with Crippen molar-refractivity contribution < 1.29 is 4.79 Å². The van der Waals surface area contributed by atoms with Gasteiger partial charge in [-0.3, -0.25) is 9.48 Å². The van der Waals surface area contributed by atoms with E-state index in [-0.39, 0.29) is 11.9 Å². The van der Waals surface area contributed by atoms with Gasteiger partial charge in [0, 0.05) is 11.7 Å². The van der Waals surface area contributed by atoms with E-state index < -0.39 is 0 Å². The SMILES string of the molecule is Cc1cc(C)n(CC(C)NC(=O)Cc2ccsc2)n1. The number of nitrogens with zero attached hydrogens (tertiary/aromatic N) is 2. The summed E-state index contributed by atoms with van der Waals surface area (Å²) in [4.78, 5) is 11.9. The first kappa shape index (κ1) is 13.8. The molecule has 2 aromatic rings. The molecule has 1 unspecified atom stereocenters. The second-order valence-electron chi connectivity index (χ2n) is 4.89. The van der Waals surface area contributed by atoms with E-state index in [0.29, 0.717) is 13.0 Å². The summed E-state index contributed by atoms with van der Waals surface area (Å²) < 4.78 is 1.94. The molecular formula is C14H19N3OS. The third-order valence-corrected chi connectivity index (χ3v) is 3.63. The first-order valence-corrected chi connectivity index (χ1v) is 7.30. The maximum absolute atomic E-state index is 11.9. The molecule has 0 aliphatic carbocycles. The monoisotopic (exact) mass is 277 g/mol. The van der Waals surface area contributed by atoms with Crippen LogP contribution in [0.2, 0.25) is 0 Å². The lowest BCUT2D eigenvalue weighted by Gasteiger charge is -2.14. The average Bonchev–Trinajstić information content (AvgIpc) is 2.89. The smallest absolute Gasteiger partial charge is 0.224 e. The molecule has 0 fully saturated rings. The van der Waals surface area contributed by atoms with Crippen LogP contribution in [-0.2, 0) is 17.8 Å². The Hall–Kier alpha value is -1.62. The lowest BCUT2D eigenvalue weighted by molar-refractivity contribution is -0.121. The Morgan fingerprint density at radius 2 is 2.32 bits per heavy atom. The molecule has 0 radical (unpaired) electrons. The Labute approximate surface area is 117 Å². The zero-order valence-corrected chi connectivity index (χ0v) is 12.3. The van der Waals surface area contributed by atoms with Gasteiger partial charge in [0.25, 0.3) is 0 Å². The molecule has 0 saturated heterocycles. The van der Waals surface area contributed by atoms with Gasteiger partial charge in [0.05, 0.1) is 18.7 Å². The lowest BCUT2D eigenvalue weighted by Crippen LogP contribution is -2.37. The summed E-state index contributed by atoms with van der Waals surface area (Å²) in [6.45, 7) is 6.71. The van der Waals surface area contributed by atoms with Gasteiger partial charge in [-0.2, -0.15) is 16.4 Å². The zero-order chi connectivity index (χ0) is 13.8. The Bertz CT molecular complexity index is 545. The first-order chi connectivity index (χ1) is 9.04. The van der Waals surface area contributed by atoms with E-state index in [1.165, 1.54) is 0 Å². The largest absolute Gasteiger partial charge is 0.351 e. The number of carbonyl (C=O) groups excluding carboxylic acids is 1. The van der Waals surface area contributed by atoms with Gasteiger partial charge < -0.3 is 5.32 Å². The fourth-order valence-corrected chi connectivity index (χ4v) is 2.74. The molecule has 5 heteroatoms. The number of aryl methyl sites for hydroxylation is 2. The zero-order valence-electron chi connectivity index (χ0n) is 11.5. The van der Waals surface area contributed by atoms with Crippen molar-refractivity contribution in [3.63, 3.8) is 0 Å². The van der Waals surface area contributed by atoms with Gasteiger partial charge in [-0.15, -0.1) is 0 Å². The fourth-order valence-electron chi connectivity index (χ4n) is 2.07. The highest BCUT2D eigenvalue weighted by atomic mass is 32.1. The molecule has 4 nitrogen and oxygen atoms in total. The highest BCUT2D eigenvalue weighted by Gasteiger charge is 2.10. The van der Waals surface area contributed by atoms with Gasteiger partial charge in [-0.1, -0.05) is 0 Å². The standard InChI is InChI=1S/C14H19N3OS/c1-10-6-12(3)17(16-10)8-11(2)15-14(18)7-13-4-5-19-9-13/h4-6,9,11H,7-8H2,1-3H3,(H,15,18). The minimum absolute atomic E-state index is 0.0624. The van der Waals surface area contributed by atoms with Gasteiger partial charge in [0.15, 0.2) is 0 Å². The van der Waals surface area contributed by atoms with Crippen molar-refractivity contribution >= 4 is 17.2 Å². The van der Waals surface area contributed by atoms with Gasteiger partial charge in [-0.05, 0) is 49.2 Å². The van der Waals surface area contributed by atoms with Crippen LogP contribution in [0.25, 0.3) is 0 Å². The Morgan fingerprint density at radius 1 is 1.53 bits per heavy atom. The highest BCUT2D eigenvalue weighted by molar-refractivity contribution is 7.07. The molecule has 0 spiro atoms. The molecular weight excluding hydrogens is 258 g/mol. The van der Waals surface area contributed by atoms with Crippen molar-refractivity contribution in [2.75, 3.05) is 0 Å². The number of carbonyl (C=O) groups is 1. The number of thiophene rings is 1. The Morgan fingerprint density at radius 3 is 2.89 bits per heavy atom. The molecule has 102 valence electrons. The van der Waals surface area contributed by atoms with Gasteiger partial charge in [0.1, 0.15) is 0 Å². The molecule has 19 heavy (non-hydrogen) atoms. The van der Waals surface area contributed by atoms with Crippen molar-refractivity contribution in [1.82, 2.24) is 15.1 Å². The molecule has 1 atom stereocenters. The molecule has 0 aliphatic rings. The van der Waals surface area contributed by atoms with E-state index in [1.54, 1.807) is 11.3 Å². The van der Waals surface area contributed by atoms with E-state index in [1.807, 2.05) is 48.3 Å². The minimum atomic E-state index is 0.0624. The summed E-state index contributed by atoms with van der Waals surface area (Å²) >= 11 is 1.61. The van der Waals surface area contributed by atoms with Crippen LogP contribution < -0.4 is 5.32 Å². The van der Waals surface area contributed by atoms with Gasteiger partial charge >= 0.3 is 0 Å². The van der Waals surface area contributed by atoms with Crippen LogP contribution >= 0.6 is 11.3 Å². The number of hydrogen-bond donors (Lipinski definition) is 1. The van der Waals surface area contributed by atoms with E-state index in [9.17, 15) is 4.79 Å². The first-order valence-electron chi connectivity index (χ1n) is 6.36. The van der Waals surface area contributed by atoms with Crippen LogP contribution in [0.4, 0.5) is 0 Å². The normalized spacial score (nSPS) is 12.4. The molecule has 1 N–H and O–H groups in total. The van der Waals surface area contributed by atoms with Crippen molar-refractivity contribution in [1.29, 1.82) is 0 Å². The molecule has 2 rings (SSSR count). The maximum atomic E-state index is 11.9. The maximum Gasteiger partial charge on any atom is 0.224 e. The van der Waals surface area contributed by atoms with E-state index in [4.69, 9.17) is 0 Å². The summed E-state index contributed by atoms with van der Waals surface area (Å²) in [6, 6.07) is 4.10. The van der Waals surface area contributed by atoms with E-state index >= 15 is 0 Å². The Kier molecular flexibility index (Phi) is 4.37. The predicted molar refractivity (Wildman–Crippen MR) is 77.3 cm³/mol. The van der Waals surface area contributed by atoms with Crippen LogP contribution in [0.15, 0.2) is 22.9 Å². The molecule has 0 aromatic carbocycles. The highest BCUT2D eigenvalue weighted by Crippen LogP contribution is 2.07. The third-order valence-electron chi connectivity index (χ3n) is 2.90. The van der Waals surface area contributed by atoms with Crippen LogP contribution in [0.1, 0.15) is 23.9 Å². The van der Waals surface area contributed by atoms with Gasteiger partial charge in [-0.25, -0.2) is 0 Å². The van der Waals surface area contributed by atoms with E-state index in [2.05, 4.69) is 10.4 Å². The molecule has 0 bridgehead atoms. The topological polar surface area (TPSA) is 46.9 Å². The predicted octanol–water partition coefficient (Wildman–Crippen LogP) is 2.31. The number of aromatic nitrogens is 2. The molecule has 0 saturated carbocycles. The molecule has 2 heterocycles. The number of rotatable bonds is 5. The molecule has 1 amide bonds. The summed E-state index contributed by atoms with van der Waals surface area (Å²) in [6.07, 6.45) is 0.449. The quantitative estimate of drug-likeness (QED) is 0.911. The summed E-state index contributed by atoms with van der Waals surface area (Å²) in [5.41, 5.74) is 3.20. The number of nitrogens with one attached hydrogen (secondary N) is 1.